The fraction of sp³-hybridized carbons (Fsp3) is 0.391. The zero-order chi connectivity index (χ0) is 22.1. The summed E-state index contributed by atoms with van der Waals surface area (Å²) in [5.74, 6) is -2.03. The highest BCUT2D eigenvalue weighted by atomic mass is 19.4. The molecule has 7 heteroatoms. The molecule has 0 nitrogen and oxygen atoms in total. The Morgan fingerprint density at radius 2 is 1.37 bits per heavy atom. The van der Waals surface area contributed by atoms with Gasteiger partial charge in [-0.25, -0.2) is 17.6 Å². The minimum absolute atomic E-state index is 0.0133. The van der Waals surface area contributed by atoms with Gasteiger partial charge in [0.15, 0.2) is 0 Å². The Balaban J connectivity index is 1.94. The Hall–Kier alpha value is -2.49. The van der Waals surface area contributed by atoms with Crippen LogP contribution in [-0.4, -0.2) is 6.18 Å². The lowest BCUT2D eigenvalue weighted by Gasteiger charge is -2.28. The zero-order valence-corrected chi connectivity index (χ0v) is 16.1. The van der Waals surface area contributed by atoms with Crippen LogP contribution in [0.1, 0.15) is 56.1 Å². The lowest BCUT2D eigenvalue weighted by molar-refractivity contribution is -0.0696. The van der Waals surface area contributed by atoms with Gasteiger partial charge in [0.2, 0.25) is 0 Å². The quantitative estimate of drug-likeness (QED) is 0.351. The Morgan fingerprint density at radius 1 is 0.833 bits per heavy atom. The van der Waals surface area contributed by atoms with Crippen molar-refractivity contribution < 1.29 is 30.7 Å². The molecule has 0 unspecified atom stereocenters. The third-order valence-corrected chi connectivity index (χ3v) is 5.62. The first-order valence-corrected chi connectivity index (χ1v) is 9.67. The topological polar surface area (TPSA) is 0 Å². The van der Waals surface area contributed by atoms with Crippen LogP contribution in [0.15, 0.2) is 24.3 Å². The second-order valence-electron chi connectivity index (χ2n) is 7.55. The summed E-state index contributed by atoms with van der Waals surface area (Å²) in [6.45, 7) is 2.11. The lowest BCUT2D eigenvalue weighted by Crippen LogP contribution is -2.13. The summed E-state index contributed by atoms with van der Waals surface area (Å²) in [5, 5.41) is 0. The van der Waals surface area contributed by atoms with Crippen LogP contribution in [0.2, 0.25) is 0 Å². The molecule has 2 aromatic carbocycles. The molecule has 1 fully saturated rings. The van der Waals surface area contributed by atoms with Crippen molar-refractivity contribution in [1.82, 2.24) is 0 Å². The molecule has 30 heavy (non-hydrogen) atoms. The van der Waals surface area contributed by atoms with Gasteiger partial charge < -0.3 is 0 Å². The lowest BCUT2D eigenvalue weighted by atomic mass is 9.77. The van der Waals surface area contributed by atoms with Crippen LogP contribution in [0.25, 0.3) is 11.1 Å². The number of hydrogen-bond acceptors (Lipinski definition) is 0. The van der Waals surface area contributed by atoms with Crippen molar-refractivity contribution in [2.45, 2.75) is 51.1 Å². The number of hydrogen-bond donors (Lipinski definition) is 0. The molecule has 0 radical (unpaired) electrons. The average molecular weight is 428 g/mol. The van der Waals surface area contributed by atoms with Crippen LogP contribution in [0, 0.1) is 41.0 Å². The standard InChI is InChI=1S/C23H19F7/c1-2-13-3-5-14(6-4-13)15-9-20(26)22(21(27)10-15)16-11-18(24)17(19(25)12-16)7-8-23(28,29)30/h9-14H,2-6H2,1H3. The molecule has 3 rings (SSSR count). The second-order valence-corrected chi connectivity index (χ2v) is 7.55. The predicted molar refractivity (Wildman–Crippen MR) is 99.6 cm³/mol. The van der Waals surface area contributed by atoms with E-state index in [1.54, 1.807) is 0 Å². The van der Waals surface area contributed by atoms with Crippen molar-refractivity contribution in [3.63, 3.8) is 0 Å². The third kappa shape index (κ3) is 4.97. The van der Waals surface area contributed by atoms with Crippen molar-refractivity contribution in [2.75, 3.05) is 0 Å². The van der Waals surface area contributed by atoms with Gasteiger partial charge >= 0.3 is 6.18 Å². The van der Waals surface area contributed by atoms with E-state index < -0.39 is 46.1 Å². The SMILES string of the molecule is CCC1CCC(c2cc(F)c(-c3cc(F)c(C#CC(F)(F)F)c(F)c3)c(F)c2)CC1. The molecule has 0 spiro atoms. The molecule has 0 amide bonds. The van der Waals surface area contributed by atoms with E-state index >= 15 is 0 Å². The van der Waals surface area contributed by atoms with Crippen molar-refractivity contribution in [3.8, 4) is 23.0 Å². The van der Waals surface area contributed by atoms with Crippen LogP contribution < -0.4 is 0 Å². The zero-order valence-electron chi connectivity index (χ0n) is 16.1. The van der Waals surface area contributed by atoms with E-state index in [2.05, 4.69) is 6.92 Å². The Bertz CT molecular complexity index is 941. The van der Waals surface area contributed by atoms with Crippen LogP contribution in [0.5, 0.6) is 0 Å². The molecule has 1 aliphatic carbocycles. The minimum atomic E-state index is -4.93. The maximum absolute atomic E-state index is 14.7. The van der Waals surface area contributed by atoms with Gasteiger partial charge in [0, 0.05) is 5.92 Å². The molecule has 1 aliphatic rings. The summed E-state index contributed by atoms with van der Waals surface area (Å²) < 4.78 is 94.2. The monoisotopic (exact) mass is 428 g/mol. The molecule has 0 saturated heterocycles. The average Bonchev–Trinajstić information content (AvgIpc) is 2.66. The molecular weight excluding hydrogens is 409 g/mol. The van der Waals surface area contributed by atoms with Crippen LogP contribution in [-0.2, 0) is 0 Å². The Labute approximate surface area is 170 Å². The smallest absolute Gasteiger partial charge is 0.206 e. The van der Waals surface area contributed by atoms with Gasteiger partial charge in [-0.3, -0.25) is 0 Å². The number of alkyl halides is 3. The van der Waals surface area contributed by atoms with Crippen molar-refractivity contribution in [1.29, 1.82) is 0 Å². The first-order valence-electron chi connectivity index (χ1n) is 9.67. The maximum Gasteiger partial charge on any atom is 0.458 e. The van der Waals surface area contributed by atoms with Gasteiger partial charge in [-0.1, -0.05) is 19.3 Å². The van der Waals surface area contributed by atoms with Crippen LogP contribution >= 0.6 is 0 Å². The summed E-state index contributed by atoms with van der Waals surface area (Å²) in [7, 11) is 0. The van der Waals surface area contributed by atoms with Gasteiger partial charge in [0.25, 0.3) is 0 Å². The highest BCUT2D eigenvalue weighted by Crippen LogP contribution is 2.39. The Kier molecular flexibility index (Phi) is 6.44. The van der Waals surface area contributed by atoms with Gasteiger partial charge in [0.05, 0.1) is 11.1 Å². The highest BCUT2D eigenvalue weighted by Gasteiger charge is 2.26. The molecule has 0 heterocycles. The third-order valence-electron chi connectivity index (χ3n) is 5.62. The largest absolute Gasteiger partial charge is 0.458 e. The van der Waals surface area contributed by atoms with E-state index in [-0.39, 0.29) is 5.92 Å². The Morgan fingerprint density at radius 3 is 1.83 bits per heavy atom. The summed E-state index contributed by atoms with van der Waals surface area (Å²) in [5.41, 5.74) is -1.69. The van der Waals surface area contributed by atoms with Gasteiger partial charge in [-0.15, -0.1) is 0 Å². The second kappa shape index (κ2) is 8.71. The minimum Gasteiger partial charge on any atom is -0.206 e. The van der Waals surface area contributed by atoms with Crippen LogP contribution in [0.3, 0.4) is 0 Å². The summed E-state index contributed by atoms with van der Waals surface area (Å²) in [4.78, 5) is 0. The highest BCUT2D eigenvalue weighted by molar-refractivity contribution is 5.67. The fourth-order valence-corrected chi connectivity index (χ4v) is 3.98. The first kappa shape index (κ1) is 22.2. The number of benzene rings is 2. The summed E-state index contributed by atoms with van der Waals surface area (Å²) in [6, 6.07) is 3.50. The fourth-order valence-electron chi connectivity index (χ4n) is 3.98. The van der Waals surface area contributed by atoms with E-state index in [1.165, 1.54) is 18.1 Å². The molecule has 0 aromatic heterocycles. The van der Waals surface area contributed by atoms with Crippen LogP contribution in [0.4, 0.5) is 30.7 Å². The first-order chi connectivity index (χ1) is 14.1. The predicted octanol–water partition coefficient (Wildman–Crippen LogP) is 7.51. The molecular formula is C23H19F7. The van der Waals surface area contributed by atoms with E-state index in [0.717, 1.165) is 38.0 Å². The molecule has 160 valence electrons. The number of rotatable bonds is 3. The van der Waals surface area contributed by atoms with Gasteiger partial charge in [0.1, 0.15) is 23.3 Å². The van der Waals surface area contributed by atoms with E-state index in [0.29, 0.717) is 23.6 Å². The summed E-state index contributed by atoms with van der Waals surface area (Å²) in [6.07, 6.45) is -0.290. The molecule has 1 saturated carbocycles. The van der Waals surface area contributed by atoms with Crippen molar-refractivity contribution >= 4 is 0 Å². The van der Waals surface area contributed by atoms with E-state index in [4.69, 9.17) is 0 Å². The summed E-state index contributed by atoms with van der Waals surface area (Å²) >= 11 is 0. The van der Waals surface area contributed by atoms with Gasteiger partial charge in [-0.05, 0) is 72.9 Å². The van der Waals surface area contributed by atoms with E-state index in [1.807, 2.05) is 0 Å². The number of halogens is 7. The maximum atomic E-state index is 14.7. The normalized spacial score (nSPS) is 19.3. The van der Waals surface area contributed by atoms with Crippen molar-refractivity contribution in [3.05, 3.63) is 58.7 Å². The molecule has 0 bridgehead atoms. The van der Waals surface area contributed by atoms with Gasteiger partial charge in [-0.2, -0.15) is 13.2 Å². The molecule has 0 atom stereocenters. The molecule has 0 aliphatic heterocycles. The molecule has 0 N–H and O–H groups in total. The van der Waals surface area contributed by atoms with Crippen molar-refractivity contribution in [2.24, 2.45) is 5.92 Å². The molecule has 2 aromatic rings. The van der Waals surface area contributed by atoms with E-state index in [9.17, 15) is 30.7 Å².